The van der Waals surface area contributed by atoms with Crippen molar-refractivity contribution in [2.24, 2.45) is 0 Å². The molecule has 3 rings (SSSR count). The molecule has 2 amide bonds. The van der Waals surface area contributed by atoms with Crippen molar-refractivity contribution < 1.29 is 39.1 Å². The van der Waals surface area contributed by atoms with E-state index in [4.69, 9.17) is 14.2 Å². The maximum Gasteiger partial charge on any atom is 0.247 e. The Kier molecular flexibility index (Phi) is 11.8. The Labute approximate surface area is 236 Å². The Morgan fingerprint density at radius 1 is 1.34 bits per heavy atom. The van der Waals surface area contributed by atoms with Gasteiger partial charge in [-0.25, -0.2) is 0 Å². The van der Waals surface area contributed by atoms with E-state index in [2.05, 4.69) is 34.5 Å². The van der Waals surface area contributed by atoms with Crippen LogP contribution >= 0.6 is 22.6 Å². The molecule has 11 heteroatoms. The SMILES string of the molecule is C=CCCC(=O)N(C[C@@H]1CCCO1)[C@@H]1CC(C(=O)NCCO)=C[C@H](Oc2c(I)cc(CO)cc2OC)[C@H]1O. The fraction of sp³-hybridized carbons (Fsp3) is 0.556. The minimum atomic E-state index is -1.16. The number of methoxy groups -OCH3 is 1. The largest absolute Gasteiger partial charge is 0.493 e. The van der Waals surface area contributed by atoms with Crippen molar-refractivity contribution >= 4 is 34.4 Å². The zero-order valence-corrected chi connectivity index (χ0v) is 23.8. The zero-order valence-electron chi connectivity index (χ0n) is 21.6. The summed E-state index contributed by atoms with van der Waals surface area (Å²) in [4.78, 5) is 27.9. The van der Waals surface area contributed by atoms with Gasteiger partial charge in [-0.3, -0.25) is 9.59 Å². The number of rotatable bonds is 13. The molecule has 2 aliphatic rings. The summed E-state index contributed by atoms with van der Waals surface area (Å²) in [5, 5.41) is 33.0. The molecule has 0 bridgehead atoms. The lowest BCUT2D eigenvalue weighted by Gasteiger charge is -2.41. The predicted molar refractivity (Wildman–Crippen MR) is 149 cm³/mol. The van der Waals surface area contributed by atoms with E-state index in [1.165, 1.54) is 7.11 Å². The van der Waals surface area contributed by atoms with E-state index in [1.807, 2.05) is 0 Å². The summed E-state index contributed by atoms with van der Waals surface area (Å²) < 4.78 is 18.2. The Morgan fingerprint density at radius 2 is 2.13 bits per heavy atom. The van der Waals surface area contributed by atoms with Crippen molar-refractivity contribution in [3.8, 4) is 11.5 Å². The van der Waals surface area contributed by atoms with Crippen molar-refractivity contribution in [2.45, 2.75) is 63.1 Å². The van der Waals surface area contributed by atoms with Crippen LogP contribution in [0.3, 0.4) is 0 Å². The van der Waals surface area contributed by atoms with Gasteiger partial charge in [-0.2, -0.15) is 0 Å². The molecule has 0 spiro atoms. The van der Waals surface area contributed by atoms with Gasteiger partial charge in [0, 0.05) is 38.1 Å². The number of ether oxygens (including phenoxy) is 3. The number of hydrogen-bond donors (Lipinski definition) is 4. The Balaban J connectivity index is 1.98. The molecule has 0 unspecified atom stereocenters. The molecule has 4 atom stereocenters. The lowest BCUT2D eigenvalue weighted by atomic mass is 9.87. The number of nitrogens with zero attached hydrogens (tertiary/aromatic N) is 1. The number of hydrogen-bond acceptors (Lipinski definition) is 8. The average molecular weight is 645 g/mol. The second-order valence-corrected chi connectivity index (χ2v) is 10.5. The van der Waals surface area contributed by atoms with Crippen molar-refractivity contribution in [2.75, 3.05) is 33.4 Å². The van der Waals surface area contributed by atoms with Crippen LogP contribution in [0.2, 0.25) is 0 Å². The number of carbonyl (C=O) groups is 2. The monoisotopic (exact) mass is 644 g/mol. The molecule has 210 valence electrons. The van der Waals surface area contributed by atoms with E-state index < -0.39 is 24.2 Å². The van der Waals surface area contributed by atoms with Crippen LogP contribution in [0.4, 0.5) is 0 Å². The molecular formula is C27H37IN2O8. The fourth-order valence-corrected chi connectivity index (χ4v) is 5.49. The Morgan fingerprint density at radius 3 is 2.76 bits per heavy atom. The highest BCUT2D eigenvalue weighted by molar-refractivity contribution is 14.1. The van der Waals surface area contributed by atoms with Crippen LogP contribution in [0.25, 0.3) is 0 Å². The highest BCUT2D eigenvalue weighted by Gasteiger charge is 2.41. The Bertz CT molecular complexity index is 1010. The number of amides is 2. The topological polar surface area (TPSA) is 138 Å². The summed E-state index contributed by atoms with van der Waals surface area (Å²) in [5.74, 6) is 0.148. The molecule has 1 aliphatic carbocycles. The third-order valence-corrected chi connectivity index (χ3v) is 7.45. The minimum Gasteiger partial charge on any atom is -0.493 e. The molecule has 10 nitrogen and oxygen atoms in total. The van der Waals surface area contributed by atoms with E-state index in [0.717, 1.165) is 12.8 Å². The summed E-state index contributed by atoms with van der Waals surface area (Å²) in [6.07, 6.45) is 3.45. The molecule has 0 saturated carbocycles. The quantitative estimate of drug-likeness (QED) is 0.188. The molecule has 1 aliphatic heterocycles. The maximum atomic E-state index is 13.3. The van der Waals surface area contributed by atoms with Crippen molar-refractivity contribution in [1.29, 1.82) is 0 Å². The van der Waals surface area contributed by atoms with Crippen LogP contribution in [-0.4, -0.2) is 89.8 Å². The third-order valence-electron chi connectivity index (χ3n) is 6.65. The van der Waals surface area contributed by atoms with E-state index in [-0.39, 0.29) is 44.6 Å². The molecule has 0 radical (unpaired) electrons. The number of allylic oxidation sites excluding steroid dienone is 1. The predicted octanol–water partition coefficient (Wildman–Crippen LogP) is 1.68. The van der Waals surface area contributed by atoms with Crippen LogP contribution in [0.1, 0.15) is 37.7 Å². The molecule has 1 aromatic carbocycles. The van der Waals surface area contributed by atoms with E-state index in [1.54, 1.807) is 29.2 Å². The molecule has 1 heterocycles. The summed E-state index contributed by atoms with van der Waals surface area (Å²) >= 11 is 2.06. The summed E-state index contributed by atoms with van der Waals surface area (Å²) in [6.45, 7) is 4.29. The lowest BCUT2D eigenvalue weighted by Crippen LogP contribution is -2.56. The molecule has 1 aromatic rings. The van der Waals surface area contributed by atoms with Gasteiger partial charge in [0.25, 0.3) is 0 Å². The van der Waals surface area contributed by atoms with Gasteiger partial charge >= 0.3 is 0 Å². The minimum absolute atomic E-state index is 0.0706. The number of aliphatic hydroxyl groups excluding tert-OH is 3. The summed E-state index contributed by atoms with van der Waals surface area (Å²) in [6, 6.07) is 2.64. The first kappa shape index (κ1) is 30.4. The van der Waals surface area contributed by atoms with E-state index in [0.29, 0.717) is 45.8 Å². The van der Waals surface area contributed by atoms with Gasteiger partial charge in [0.2, 0.25) is 11.8 Å². The van der Waals surface area contributed by atoms with Gasteiger partial charge < -0.3 is 39.7 Å². The number of aliphatic hydroxyl groups is 3. The molecule has 38 heavy (non-hydrogen) atoms. The second-order valence-electron chi connectivity index (χ2n) is 9.29. The molecular weight excluding hydrogens is 607 g/mol. The van der Waals surface area contributed by atoms with Crippen LogP contribution in [-0.2, 0) is 20.9 Å². The first-order valence-corrected chi connectivity index (χ1v) is 13.8. The average Bonchev–Trinajstić information content (AvgIpc) is 3.44. The number of benzene rings is 1. The fourth-order valence-electron chi connectivity index (χ4n) is 4.69. The molecule has 0 aromatic heterocycles. The number of carbonyl (C=O) groups excluding carboxylic acids is 2. The van der Waals surface area contributed by atoms with Gasteiger partial charge in [0.15, 0.2) is 11.5 Å². The third kappa shape index (κ3) is 7.69. The number of nitrogens with one attached hydrogen (secondary N) is 1. The van der Waals surface area contributed by atoms with Gasteiger partial charge in [-0.15, -0.1) is 6.58 Å². The smallest absolute Gasteiger partial charge is 0.247 e. The highest BCUT2D eigenvalue weighted by atomic mass is 127. The van der Waals surface area contributed by atoms with Gasteiger partial charge in [-0.05, 0) is 65.6 Å². The zero-order chi connectivity index (χ0) is 27.7. The summed E-state index contributed by atoms with van der Waals surface area (Å²) in [7, 11) is 1.48. The van der Waals surface area contributed by atoms with Crippen molar-refractivity contribution in [3.63, 3.8) is 0 Å². The van der Waals surface area contributed by atoms with Crippen LogP contribution in [0, 0.1) is 3.57 Å². The van der Waals surface area contributed by atoms with Crippen LogP contribution in [0.15, 0.2) is 36.4 Å². The van der Waals surface area contributed by atoms with E-state index in [9.17, 15) is 24.9 Å². The van der Waals surface area contributed by atoms with Crippen molar-refractivity contribution in [1.82, 2.24) is 10.2 Å². The Hall–Kier alpha value is -2.19. The van der Waals surface area contributed by atoms with Gasteiger partial charge in [-0.1, -0.05) is 6.08 Å². The number of halogens is 1. The van der Waals surface area contributed by atoms with Crippen molar-refractivity contribution in [3.05, 3.63) is 45.6 Å². The molecule has 1 saturated heterocycles. The molecule has 1 fully saturated rings. The van der Waals surface area contributed by atoms with E-state index >= 15 is 0 Å². The van der Waals surface area contributed by atoms with Gasteiger partial charge in [0.1, 0.15) is 12.2 Å². The van der Waals surface area contributed by atoms with Crippen LogP contribution in [0.5, 0.6) is 11.5 Å². The normalized spacial score (nSPS) is 22.9. The van der Waals surface area contributed by atoms with Gasteiger partial charge in [0.05, 0.1) is 36.0 Å². The lowest BCUT2D eigenvalue weighted by molar-refractivity contribution is -0.140. The standard InChI is InChI=1S/C27H37IN2O8/c1-3-4-7-24(33)30(15-19-6-5-10-37-19)21-13-18(27(35)29-8-9-31)14-22(25(21)34)38-26-20(28)11-17(16-32)12-23(26)36-2/h3,11-12,14,19,21-22,25,31-32,34H,1,4-10,13,15-16H2,2H3,(H,29,35)/t19-,21+,22-,25-/m0/s1. The maximum absolute atomic E-state index is 13.3. The molecule has 4 N–H and O–H groups in total. The van der Waals surface area contributed by atoms with Crippen LogP contribution < -0.4 is 14.8 Å². The first-order valence-electron chi connectivity index (χ1n) is 12.8. The summed E-state index contributed by atoms with van der Waals surface area (Å²) in [5.41, 5.74) is 0.976. The highest BCUT2D eigenvalue weighted by Crippen LogP contribution is 2.37. The second kappa shape index (κ2) is 14.8. The first-order chi connectivity index (χ1) is 18.3.